The van der Waals surface area contributed by atoms with Crippen LogP contribution in [0.4, 0.5) is 0 Å². The summed E-state index contributed by atoms with van der Waals surface area (Å²) in [6.07, 6.45) is 3.66. The number of aromatic nitrogens is 2. The molecule has 2 amide bonds. The van der Waals surface area contributed by atoms with Gasteiger partial charge in [0, 0.05) is 22.9 Å². The van der Waals surface area contributed by atoms with Crippen LogP contribution in [0, 0.1) is 32.1 Å². The average Bonchev–Trinajstić information content (AvgIpc) is 3.35. The summed E-state index contributed by atoms with van der Waals surface area (Å²) in [5, 5.41) is 14.9. The molecule has 0 bridgehead atoms. The number of benzene rings is 3. The van der Waals surface area contributed by atoms with Crippen molar-refractivity contribution in [3.8, 4) is 23.0 Å². The van der Waals surface area contributed by atoms with E-state index in [2.05, 4.69) is 39.0 Å². The molecule has 5 rings (SSSR count). The molecule has 0 N–H and O–H groups in total. The number of imide groups is 1. The second-order valence-electron chi connectivity index (χ2n) is 10.2. The SMILES string of the molecule is CC1=C(C#N)C(=O)N(C(C)c2ccccc2)C(=O)/C1=C/c1cn(-c2ccccc2)nc1-c1c(C)cc(C)cc1C. The Morgan fingerprint density at radius 1 is 0.875 bits per heavy atom. The van der Waals surface area contributed by atoms with Crippen LogP contribution in [-0.2, 0) is 9.59 Å². The molecular formula is C34H30N4O2. The minimum Gasteiger partial charge on any atom is -0.269 e. The summed E-state index contributed by atoms with van der Waals surface area (Å²) in [6, 6.07) is 24.9. The standard InChI is InChI=1S/C34H30N4O2/c1-21-16-22(2)31(23(3)17-21)32-27(20-37(36-32)28-14-10-7-11-15-28)18-29-24(4)30(19-35)34(40)38(33(29)39)25(5)26-12-8-6-9-13-26/h6-18,20,25H,1-5H3/b29-18+. The van der Waals surface area contributed by atoms with Gasteiger partial charge in [0.05, 0.1) is 11.7 Å². The Hall–Kier alpha value is -5.02. The molecule has 1 aliphatic rings. The third-order valence-electron chi connectivity index (χ3n) is 7.42. The second kappa shape index (κ2) is 10.6. The zero-order valence-electron chi connectivity index (χ0n) is 23.3. The Bertz CT molecular complexity index is 1710. The molecule has 4 aromatic rings. The zero-order valence-corrected chi connectivity index (χ0v) is 23.3. The van der Waals surface area contributed by atoms with Crippen LogP contribution in [0.15, 0.2) is 95.7 Å². The summed E-state index contributed by atoms with van der Waals surface area (Å²) in [5.74, 6) is -1.02. The van der Waals surface area contributed by atoms with E-state index in [1.165, 1.54) is 4.90 Å². The Labute approximate surface area is 234 Å². The molecule has 0 aliphatic carbocycles. The number of hydrogen-bond acceptors (Lipinski definition) is 4. The number of rotatable bonds is 5. The number of para-hydroxylation sites is 1. The van der Waals surface area contributed by atoms with Crippen LogP contribution in [0.2, 0.25) is 0 Å². The van der Waals surface area contributed by atoms with Gasteiger partial charge in [-0.2, -0.15) is 10.4 Å². The first-order valence-electron chi connectivity index (χ1n) is 13.2. The fourth-order valence-electron chi connectivity index (χ4n) is 5.44. The Morgan fingerprint density at radius 3 is 2.08 bits per heavy atom. The van der Waals surface area contributed by atoms with Gasteiger partial charge in [-0.3, -0.25) is 14.5 Å². The molecule has 0 saturated carbocycles. The summed E-state index contributed by atoms with van der Waals surface area (Å²) in [6.45, 7) is 9.64. The first kappa shape index (κ1) is 26.6. The fourth-order valence-corrected chi connectivity index (χ4v) is 5.44. The van der Waals surface area contributed by atoms with E-state index in [4.69, 9.17) is 5.10 Å². The number of aryl methyl sites for hydroxylation is 3. The van der Waals surface area contributed by atoms with Crippen LogP contribution in [0.5, 0.6) is 0 Å². The first-order chi connectivity index (χ1) is 19.2. The predicted octanol–water partition coefficient (Wildman–Crippen LogP) is 6.82. The molecule has 6 heteroatoms. The van der Waals surface area contributed by atoms with E-state index in [0.717, 1.165) is 44.8 Å². The molecule has 2 heterocycles. The van der Waals surface area contributed by atoms with Crippen LogP contribution in [0.25, 0.3) is 23.0 Å². The molecule has 6 nitrogen and oxygen atoms in total. The highest BCUT2D eigenvalue weighted by atomic mass is 16.2. The molecule has 0 fully saturated rings. The molecule has 1 unspecified atom stereocenters. The van der Waals surface area contributed by atoms with Crippen LogP contribution in [-0.4, -0.2) is 26.5 Å². The van der Waals surface area contributed by atoms with E-state index < -0.39 is 17.9 Å². The number of nitriles is 1. The largest absolute Gasteiger partial charge is 0.272 e. The Balaban J connectivity index is 1.72. The normalized spacial score (nSPS) is 15.5. The molecule has 3 aromatic carbocycles. The van der Waals surface area contributed by atoms with Crippen LogP contribution in [0.1, 0.15) is 47.7 Å². The number of hydrogen-bond donors (Lipinski definition) is 0. The lowest BCUT2D eigenvalue weighted by molar-refractivity contribution is -0.143. The van der Waals surface area contributed by atoms with Gasteiger partial charge in [0.2, 0.25) is 0 Å². The highest BCUT2D eigenvalue weighted by molar-refractivity contribution is 6.20. The highest BCUT2D eigenvalue weighted by Gasteiger charge is 2.39. The fraction of sp³-hybridized carbons (Fsp3) is 0.176. The minimum absolute atomic E-state index is 0.0340. The molecular weight excluding hydrogens is 496 g/mol. The van der Waals surface area contributed by atoms with Gasteiger partial charge in [-0.1, -0.05) is 66.2 Å². The summed E-state index contributed by atoms with van der Waals surface area (Å²) in [5.41, 5.74) is 8.07. The maximum Gasteiger partial charge on any atom is 0.272 e. The lowest BCUT2D eigenvalue weighted by Crippen LogP contribution is -2.44. The maximum absolute atomic E-state index is 14.0. The van der Waals surface area contributed by atoms with E-state index in [1.807, 2.05) is 66.9 Å². The van der Waals surface area contributed by atoms with Crippen molar-refractivity contribution in [1.82, 2.24) is 14.7 Å². The number of carbonyl (C=O) groups is 2. The number of nitrogens with zero attached hydrogens (tertiary/aromatic N) is 4. The summed E-state index contributed by atoms with van der Waals surface area (Å²) >= 11 is 0. The smallest absolute Gasteiger partial charge is 0.269 e. The Morgan fingerprint density at radius 2 is 1.48 bits per heavy atom. The summed E-state index contributed by atoms with van der Waals surface area (Å²) < 4.78 is 1.80. The van der Waals surface area contributed by atoms with Gasteiger partial charge in [0.15, 0.2) is 0 Å². The van der Waals surface area contributed by atoms with Crippen LogP contribution < -0.4 is 0 Å². The van der Waals surface area contributed by atoms with Crippen molar-refractivity contribution >= 4 is 17.9 Å². The van der Waals surface area contributed by atoms with Gasteiger partial charge in [-0.05, 0) is 75.1 Å². The summed E-state index contributed by atoms with van der Waals surface area (Å²) in [4.78, 5) is 28.6. The molecule has 1 atom stereocenters. The van der Waals surface area contributed by atoms with E-state index in [9.17, 15) is 14.9 Å². The van der Waals surface area contributed by atoms with E-state index in [1.54, 1.807) is 24.6 Å². The maximum atomic E-state index is 14.0. The number of carbonyl (C=O) groups excluding carboxylic acids is 2. The van der Waals surface area contributed by atoms with Gasteiger partial charge >= 0.3 is 0 Å². The summed E-state index contributed by atoms with van der Waals surface area (Å²) in [7, 11) is 0. The van der Waals surface area contributed by atoms with Crippen LogP contribution >= 0.6 is 0 Å². The van der Waals surface area contributed by atoms with E-state index in [-0.39, 0.29) is 5.57 Å². The third-order valence-corrected chi connectivity index (χ3v) is 7.42. The highest BCUT2D eigenvalue weighted by Crippen LogP contribution is 2.36. The molecule has 0 saturated heterocycles. The van der Waals surface area contributed by atoms with Crippen molar-refractivity contribution < 1.29 is 9.59 Å². The first-order valence-corrected chi connectivity index (χ1v) is 13.2. The monoisotopic (exact) mass is 526 g/mol. The molecule has 198 valence electrons. The van der Waals surface area contributed by atoms with Crippen molar-refractivity contribution in [2.75, 3.05) is 0 Å². The van der Waals surface area contributed by atoms with Gasteiger partial charge < -0.3 is 0 Å². The van der Waals surface area contributed by atoms with E-state index in [0.29, 0.717) is 11.1 Å². The lowest BCUT2D eigenvalue weighted by Gasteiger charge is -2.32. The molecule has 40 heavy (non-hydrogen) atoms. The van der Waals surface area contributed by atoms with E-state index >= 15 is 0 Å². The van der Waals surface area contributed by atoms with Crippen molar-refractivity contribution in [1.29, 1.82) is 5.26 Å². The number of amides is 2. The Kier molecular flexibility index (Phi) is 7.06. The second-order valence-corrected chi connectivity index (χ2v) is 10.2. The lowest BCUT2D eigenvalue weighted by atomic mass is 9.90. The minimum atomic E-state index is -0.580. The molecule has 0 spiro atoms. The van der Waals surface area contributed by atoms with Crippen molar-refractivity contribution in [2.45, 2.75) is 40.7 Å². The third kappa shape index (κ3) is 4.67. The molecule has 1 aliphatic heterocycles. The van der Waals surface area contributed by atoms with Gasteiger partial charge in [-0.15, -0.1) is 0 Å². The van der Waals surface area contributed by atoms with Gasteiger partial charge in [0.25, 0.3) is 11.8 Å². The predicted molar refractivity (Wildman–Crippen MR) is 156 cm³/mol. The molecule has 1 aromatic heterocycles. The quantitative estimate of drug-likeness (QED) is 0.211. The van der Waals surface area contributed by atoms with Gasteiger partial charge in [-0.25, -0.2) is 4.68 Å². The molecule has 0 radical (unpaired) electrons. The van der Waals surface area contributed by atoms with Crippen molar-refractivity contribution in [3.05, 3.63) is 124 Å². The zero-order chi connectivity index (χ0) is 28.6. The van der Waals surface area contributed by atoms with Crippen molar-refractivity contribution in [3.63, 3.8) is 0 Å². The van der Waals surface area contributed by atoms with Crippen molar-refractivity contribution in [2.24, 2.45) is 0 Å². The van der Waals surface area contributed by atoms with Crippen LogP contribution in [0.3, 0.4) is 0 Å². The topological polar surface area (TPSA) is 79.0 Å². The van der Waals surface area contributed by atoms with Gasteiger partial charge in [0.1, 0.15) is 17.3 Å². The average molecular weight is 527 g/mol.